The molecule has 1 aromatic carbocycles. The second kappa shape index (κ2) is 6.77. The lowest BCUT2D eigenvalue weighted by Crippen LogP contribution is -2.31. The first-order chi connectivity index (χ1) is 10.7. The lowest BCUT2D eigenvalue weighted by Gasteiger charge is -2.11. The minimum Gasteiger partial charge on any atom is -0.308 e. The highest BCUT2D eigenvalue weighted by Gasteiger charge is 2.24. The molecule has 0 spiro atoms. The summed E-state index contributed by atoms with van der Waals surface area (Å²) >= 11 is 0. The van der Waals surface area contributed by atoms with Crippen molar-refractivity contribution in [1.82, 2.24) is 19.4 Å². The van der Waals surface area contributed by atoms with Crippen LogP contribution in [0, 0.1) is 19.7 Å². The zero-order chi connectivity index (χ0) is 17.2. The number of aryl methyl sites for hydroxylation is 1. The van der Waals surface area contributed by atoms with E-state index in [9.17, 15) is 12.8 Å². The zero-order valence-electron chi connectivity index (χ0n) is 13.7. The van der Waals surface area contributed by atoms with Crippen molar-refractivity contribution in [3.63, 3.8) is 0 Å². The van der Waals surface area contributed by atoms with Crippen LogP contribution in [0.15, 0.2) is 29.2 Å². The maximum Gasteiger partial charge on any atom is 0.244 e. The molecular formula is C15H21FN4O2S. The Morgan fingerprint density at radius 2 is 1.83 bits per heavy atom. The van der Waals surface area contributed by atoms with E-state index in [2.05, 4.69) is 9.82 Å². The van der Waals surface area contributed by atoms with Gasteiger partial charge in [-0.1, -0.05) is 0 Å². The molecule has 0 aliphatic heterocycles. The first kappa shape index (κ1) is 17.6. The Morgan fingerprint density at radius 1 is 1.22 bits per heavy atom. The van der Waals surface area contributed by atoms with Crippen molar-refractivity contribution < 1.29 is 12.8 Å². The number of nitrogens with zero attached hydrogens (tertiary/aromatic N) is 3. The predicted molar refractivity (Wildman–Crippen MR) is 86.7 cm³/mol. The van der Waals surface area contributed by atoms with Crippen LogP contribution in [0.1, 0.15) is 11.4 Å². The first-order valence-electron chi connectivity index (χ1n) is 7.19. The van der Waals surface area contributed by atoms with Crippen molar-refractivity contribution in [3.8, 4) is 5.69 Å². The number of nitrogens with one attached hydrogen (secondary N) is 1. The molecule has 2 rings (SSSR count). The topological polar surface area (TPSA) is 67.2 Å². The van der Waals surface area contributed by atoms with Gasteiger partial charge in [-0.3, -0.25) is 0 Å². The van der Waals surface area contributed by atoms with Crippen LogP contribution in [-0.4, -0.2) is 50.3 Å². The van der Waals surface area contributed by atoms with Gasteiger partial charge in [0, 0.05) is 13.1 Å². The fraction of sp³-hybridized carbons (Fsp3) is 0.400. The minimum absolute atomic E-state index is 0.167. The molecule has 2 aromatic rings. The average molecular weight is 340 g/mol. The van der Waals surface area contributed by atoms with Crippen molar-refractivity contribution in [1.29, 1.82) is 0 Å². The molecule has 126 valence electrons. The molecule has 1 heterocycles. The monoisotopic (exact) mass is 340 g/mol. The van der Waals surface area contributed by atoms with E-state index in [0.29, 0.717) is 30.2 Å². The summed E-state index contributed by atoms with van der Waals surface area (Å²) in [6, 6.07) is 5.75. The summed E-state index contributed by atoms with van der Waals surface area (Å²) in [6.07, 6.45) is 0. The van der Waals surface area contributed by atoms with Crippen LogP contribution in [-0.2, 0) is 10.0 Å². The Kier molecular flexibility index (Phi) is 5.18. The van der Waals surface area contributed by atoms with E-state index in [-0.39, 0.29) is 10.7 Å². The van der Waals surface area contributed by atoms with Gasteiger partial charge in [-0.25, -0.2) is 22.2 Å². The quantitative estimate of drug-likeness (QED) is 0.865. The molecule has 0 atom stereocenters. The van der Waals surface area contributed by atoms with E-state index in [1.807, 2.05) is 19.0 Å². The number of hydrogen-bond donors (Lipinski definition) is 1. The average Bonchev–Trinajstić information content (AvgIpc) is 2.74. The normalized spacial score (nSPS) is 12.1. The number of benzene rings is 1. The number of sulfonamides is 1. The lowest BCUT2D eigenvalue weighted by atomic mass is 10.3. The van der Waals surface area contributed by atoms with Crippen LogP contribution in [0.5, 0.6) is 0 Å². The second-order valence-corrected chi connectivity index (χ2v) is 7.29. The summed E-state index contributed by atoms with van der Waals surface area (Å²) < 4.78 is 42.2. The maximum atomic E-state index is 13.0. The van der Waals surface area contributed by atoms with Gasteiger partial charge in [-0.05, 0) is 52.2 Å². The highest BCUT2D eigenvalue weighted by Crippen LogP contribution is 2.22. The van der Waals surface area contributed by atoms with Crippen molar-refractivity contribution in [2.75, 3.05) is 27.2 Å². The van der Waals surface area contributed by atoms with Gasteiger partial charge < -0.3 is 4.90 Å². The third-order valence-corrected chi connectivity index (χ3v) is 5.13. The van der Waals surface area contributed by atoms with Gasteiger partial charge in [-0.15, -0.1) is 0 Å². The number of halogens is 1. The summed E-state index contributed by atoms with van der Waals surface area (Å²) in [5, 5.41) is 4.28. The molecule has 0 aliphatic carbocycles. The third kappa shape index (κ3) is 3.95. The largest absolute Gasteiger partial charge is 0.308 e. The van der Waals surface area contributed by atoms with Gasteiger partial charge in [0.25, 0.3) is 0 Å². The molecule has 1 aromatic heterocycles. The molecule has 0 saturated heterocycles. The first-order valence-corrected chi connectivity index (χ1v) is 8.67. The summed E-state index contributed by atoms with van der Waals surface area (Å²) in [6.45, 7) is 4.25. The van der Waals surface area contributed by atoms with Crippen molar-refractivity contribution >= 4 is 10.0 Å². The number of aromatic nitrogens is 2. The van der Waals surface area contributed by atoms with Crippen LogP contribution in [0.3, 0.4) is 0 Å². The second-order valence-electron chi connectivity index (χ2n) is 5.59. The van der Waals surface area contributed by atoms with Crippen molar-refractivity contribution in [3.05, 3.63) is 41.5 Å². The van der Waals surface area contributed by atoms with Crippen LogP contribution in [0.2, 0.25) is 0 Å². The highest BCUT2D eigenvalue weighted by atomic mass is 32.2. The summed E-state index contributed by atoms with van der Waals surface area (Å²) in [4.78, 5) is 2.06. The maximum absolute atomic E-state index is 13.0. The molecule has 23 heavy (non-hydrogen) atoms. The van der Waals surface area contributed by atoms with Crippen LogP contribution >= 0.6 is 0 Å². The molecule has 0 aliphatic rings. The van der Waals surface area contributed by atoms with Gasteiger partial charge in [0.05, 0.1) is 17.1 Å². The predicted octanol–water partition coefficient (Wildman–Crippen LogP) is 1.47. The van der Waals surface area contributed by atoms with Crippen LogP contribution in [0.4, 0.5) is 4.39 Å². The fourth-order valence-electron chi connectivity index (χ4n) is 2.33. The van der Waals surface area contributed by atoms with Gasteiger partial charge in [0.2, 0.25) is 10.0 Å². The van der Waals surface area contributed by atoms with Gasteiger partial charge in [0.1, 0.15) is 10.7 Å². The minimum atomic E-state index is -3.65. The van der Waals surface area contributed by atoms with Crippen LogP contribution in [0.25, 0.3) is 5.69 Å². The molecule has 0 fully saturated rings. The highest BCUT2D eigenvalue weighted by molar-refractivity contribution is 7.89. The van der Waals surface area contributed by atoms with Gasteiger partial charge >= 0.3 is 0 Å². The Morgan fingerprint density at radius 3 is 2.39 bits per heavy atom. The molecule has 0 radical (unpaired) electrons. The standard InChI is InChI=1S/C15H21FN4O2S/c1-11-15(23(21,22)17-9-10-19(3)4)12(2)20(18-11)14-7-5-13(16)6-8-14/h5-8,17H,9-10H2,1-4H3. The molecule has 0 bridgehead atoms. The Balaban J connectivity index is 2.35. The van der Waals surface area contributed by atoms with Crippen molar-refractivity contribution in [2.45, 2.75) is 18.7 Å². The van der Waals surface area contributed by atoms with E-state index < -0.39 is 10.0 Å². The van der Waals surface area contributed by atoms with E-state index in [0.717, 1.165) is 0 Å². The van der Waals surface area contributed by atoms with E-state index in [1.165, 1.54) is 16.8 Å². The molecule has 0 unspecified atom stereocenters. The number of rotatable bonds is 6. The van der Waals surface area contributed by atoms with Crippen LogP contribution < -0.4 is 4.72 Å². The lowest BCUT2D eigenvalue weighted by molar-refractivity contribution is 0.412. The molecule has 6 nitrogen and oxygen atoms in total. The molecule has 1 N–H and O–H groups in total. The van der Waals surface area contributed by atoms with E-state index in [4.69, 9.17) is 0 Å². The van der Waals surface area contributed by atoms with Crippen molar-refractivity contribution in [2.24, 2.45) is 0 Å². The molecule has 8 heteroatoms. The number of hydrogen-bond acceptors (Lipinski definition) is 4. The number of likely N-dealkylation sites (N-methyl/N-ethyl adjacent to an activating group) is 1. The van der Waals surface area contributed by atoms with Gasteiger partial charge in [0.15, 0.2) is 0 Å². The van der Waals surface area contributed by atoms with Gasteiger partial charge in [-0.2, -0.15) is 5.10 Å². The molecule has 0 saturated carbocycles. The Hall–Kier alpha value is -1.77. The smallest absolute Gasteiger partial charge is 0.244 e. The fourth-order valence-corrected chi connectivity index (χ4v) is 3.74. The summed E-state index contributed by atoms with van der Waals surface area (Å²) in [7, 11) is 0.0981. The molecular weight excluding hydrogens is 319 g/mol. The Labute approximate surface area is 136 Å². The summed E-state index contributed by atoms with van der Waals surface area (Å²) in [5.74, 6) is -0.353. The molecule has 0 amide bonds. The third-order valence-electron chi connectivity index (χ3n) is 3.42. The zero-order valence-corrected chi connectivity index (χ0v) is 14.5. The summed E-state index contributed by atoms with van der Waals surface area (Å²) in [5.41, 5.74) is 1.51. The SMILES string of the molecule is Cc1nn(-c2ccc(F)cc2)c(C)c1S(=O)(=O)NCCN(C)C. The van der Waals surface area contributed by atoms with E-state index >= 15 is 0 Å². The Bertz CT molecular complexity index is 783. The van der Waals surface area contributed by atoms with E-state index in [1.54, 1.807) is 26.0 Å².